The molecule has 1 aromatic carbocycles. The van der Waals surface area contributed by atoms with E-state index in [-0.39, 0.29) is 11.6 Å². The van der Waals surface area contributed by atoms with E-state index < -0.39 is 0 Å². The van der Waals surface area contributed by atoms with Gasteiger partial charge in [-0.2, -0.15) is 0 Å². The van der Waals surface area contributed by atoms with Crippen LogP contribution in [-0.2, 0) is 9.47 Å². The van der Waals surface area contributed by atoms with Gasteiger partial charge in [-0.3, -0.25) is 0 Å². The van der Waals surface area contributed by atoms with Gasteiger partial charge in [0.25, 0.3) is 0 Å². The summed E-state index contributed by atoms with van der Waals surface area (Å²) in [5.41, 5.74) is 0.598. The van der Waals surface area contributed by atoms with Crippen LogP contribution in [0.3, 0.4) is 0 Å². The molecule has 1 spiro atoms. The van der Waals surface area contributed by atoms with Gasteiger partial charge in [0.15, 0.2) is 11.5 Å². The van der Waals surface area contributed by atoms with Gasteiger partial charge in [-0.05, 0) is 31.7 Å². The average Bonchev–Trinajstić information content (AvgIpc) is 2.73. The summed E-state index contributed by atoms with van der Waals surface area (Å²) in [6, 6.07) is 2.16. The average molecular weight is 389 g/mol. The van der Waals surface area contributed by atoms with Crippen molar-refractivity contribution in [2.24, 2.45) is 0 Å². The zero-order chi connectivity index (χ0) is 19.6. The van der Waals surface area contributed by atoms with Gasteiger partial charge in [0.2, 0.25) is 5.75 Å². The Bertz CT molecular complexity index is 833. The van der Waals surface area contributed by atoms with Crippen molar-refractivity contribution in [1.82, 2.24) is 9.97 Å². The Morgan fingerprint density at radius 3 is 2.54 bits per heavy atom. The number of fused-ring (bicyclic) bond motifs is 1. The Morgan fingerprint density at radius 2 is 1.82 bits per heavy atom. The van der Waals surface area contributed by atoms with Crippen LogP contribution in [0.4, 0.5) is 5.82 Å². The summed E-state index contributed by atoms with van der Waals surface area (Å²) in [6.45, 7) is 2.26. The zero-order valence-electron chi connectivity index (χ0n) is 16.6. The number of methoxy groups -OCH3 is 3. The molecule has 3 heterocycles. The normalized spacial score (nSPS) is 21.5. The second-order valence-corrected chi connectivity index (χ2v) is 7.24. The molecule has 2 aromatic rings. The van der Waals surface area contributed by atoms with Crippen LogP contribution >= 0.6 is 0 Å². The standard InChI is InChI=1S/C20H27N3O5/c1-24-15-10-14-16(18(26-3)17(15)25-2)21-12-22-19(14)23-13-4-7-28-20(11-13)5-8-27-9-6-20/h10,12-13H,4-9,11H2,1-3H3,(H,21,22,23). The highest BCUT2D eigenvalue weighted by Gasteiger charge is 2.39. The zero-order valence-corrected chi connectivity index (χ0v) is 16.6. The summed E-state index contributed by atoms with van der Waals surface area (Å²) in [5, 5.41) is 4.45. The summed E-state index contributed by atoms with van der Waals surface area (Å²) in [7, 11) is 4.79. The second-order valence-electron chi connectivity index (χ2n) is 7.24. The topological polar surface area (TPSA) is 84.0 Å². The van der Waals surface area contributed by atoms with Gasteiger partial charge >= 0.3 is 0 Å². The lowest BCUT2D eigenvalue weighted by Gasteiger charge is -2.43. The number of aromatic nitrogens is 2. The highest BCUT2D eigenvalue weighted by Crippen LogP contribution is 2.44. The highest BCUT2D eigenvalue weighted by atomic mass is 16.5. The van der Waals surface area contributed by atoms with Crippen molar-refractivity contribution < 1.29 is 23.7 Å². The van der Waals surface area contributed by atoms with Crippen LogP contribution in [0.5, 0.6) is 17.2 Å². The first-order valence-corrected chi connectivity index (χ1v) is 9.61. The molecule has 1 aromatic heterocycles. The predicted octanol–water partition coefficient (Wildman–Crippen LogP) is 2.80. The van der Waals surface area contributed by atoms with E-state index in [1.807, 2.05) is 6.07 Å². The molecule has 0 bridgehead atoms. The van der Waals surface area contributed by atoms with Crippen molar-refractivity contribution in [3.8, 4) is 17.2 Å². The molecule has 0 radical (unpaired) electrons. The number of hydrogen-bond acceptors (Lipinski definition) is 8. The van der Waals surface area contributed by atoms with E-state index in [0.29, 0.717) is 22.8 Å². The molecule has 2 saturated heterocycles. The lowest BCUT2D eigenvalue weighted by Crippen LogP contribution is -2.47. The Kier molecular flexibility index (Phi) is 5.41. The Balaban J connectivity index is 1.67. The number of anilines is 1. The summed E-state index contributed by atoms with van der Waals surface area (Å²) in [6.07, 6.45) is 5.29. The highest BCUT2D eigenvalue weighted by molar-refractivity contribution is 5.96. The quantitative estimate of drug-likeness (QED) is 0.836. The van der Waals surface area contributed by atoms with Crippen LogP contribution in [0.25, 0.3) is 10.9 Å². The molecule has 4 rings (SSSR count). The van der Waals surface area contributed by atoms with Crippen LogP contribution < -0.4 is 19.5 Å². The first-order valence-electron chi connectivity index (χ1n) is 9.61. The fraction of sp³-hybridized carbons (Fsp3) is 0.600. The molecule has 1 unspecified atom stereocenters. The number of nitrogens with zero attached hydrogens (tertiary/aromatic N) is 2. The second kappa shape index (κ2) is 7.97. The smallest absolute Gasteiger partial charge is 0.205 e. The first kappa shape index (κ1) is 19.0. The summed E-state index contributed by atoms with van der Waals surface area (Å²) in [5.74, 6) is 2.40. The number of nitrogens with one attached hydrogen (secondary N) is 1. The molecule has 8 heteroatoms. The molecule has 0 amide bonds. The molecule has 2 aliphatic heterocycles. The summed E-state index contributed by atoms with van der Waals surface area (Å²) in [4.78, 5) is 8.92. The van der Waals surface area contributed by atoms with Crippen molar-refractivity contribution in [2.45, 2.75) is 37.3 Å². The van der Waals surface area contributed by atoms with Gasteiger partial charge in [-0.15, -0.1) is 0 Å². The van der Waals surface area contributed by atoms with Crippen LogP contribution in [0, 0.1) is 0 Å². The van der Waals surface area contributed by atoms with Crippen LogP contribution in [0.1, 0.15) is 25.7 Å². The molecular weight excluding hydrogens is 362 g/mol. The minimum Gasteiger partial charge on any atom is -0.493 e. The molecule has 0 saturated carbocycles. The fourth-order valence-electron chi connectivity index (χ4n) is 4.21. The van der Waals surface area contributed by atoms with Gasteiger partial charge in [0.1, 0.15) is 17.7 Å². The largest absolute Gasteiger partial charge is 0.493 e. The molecule has 1 atom stereocenters. The maximum Gasteiger partial charge on any atom is 0.205 e. The number of ether oxygens (including phenoxy) is 5. The minimum absolute atomic E-state index is 0.0877. The SMILES string of the molecule is COc1cc2c(NC3CCOC4(CCOCC4)C3)ncnc2c(OC)c1OC. The molecule has 8 nitrogen and oxygen atoms in total. The molecule has 2 fully saturated rings. The van der Waals surface area contributed by atoms with Gasteiger partial charge in [-0.1, -0.05) is 0 Å². The third-order valence-electron chi connectivity index (χ3n) is 5.67. The number of hydrogen-bond donors (Lipinski definition) is 1. The maximum absolute atomic E-state index is 6.16. The Hall–Kier alpha value is -2.32. The molecular formula is C20H27N3O5. The van der Waals surface area contributed by atoms with Crippen molar-refractivity contribution in [2.75, 3.05) is 46.5 Å². The van der Waals surface area contributed by atoms with E-state index in [1.54, 1.807) is 27.7 Å². The predicted molar refractivity (Wildman–Crippen MR) is 105 cm³/mol. The molecule has 1 N–H and O–H groups in total. The molecule has 2 aliphatic rings. The summed E-state index contributed by atoms with van der Waals surface area (Å²) < 4.78 is 28.2. The van der Waals surface area contributed by atoms with E-state index in [0.717, 1.165) is 56.7 Å². The molecule has 152 valence electrons. The lowest BCUT2D eigenvalue weighted by atomic mass is 9.84. The van der Waals surface area contributed by atoms with E-state index in [2.05, 4.69) is 15.3 Å². The van der Waals surface area contributed by atoms with Crippen molar-refractivity contribution in [1.29, 1.82) is 0 Å². The first-order chi connectivity index (χ1) is 13.7. The van der Waals surface area contributed by atoms with Crippen LogP contribution in [-0.4, -0.2) is 62.8 Å². The monoisotopic (exact) mass is 389 g/mol. The van der Waals surface area contributed by atoms with Gasteiger partial charge in [-0.25, -0.2) is 9.97 Å². The number of rotatable bonds is 5. The number of benzene rings is 1. The third kappa shape index (κ3) is 3.42. The maximum atomic E-state index is 6.16. The van der Waals surface area contributed by atoms with E-state index in [1.165, 1.54) is 0 Å². The molecule has 0 aliphatic carbocycles. The lowest BCUT2D eigenvalue weighted by molar-refractivity contribution is -0.135. The summed E-state index contributed by atoms with van der Waals surface area (Å²) >= 11 is 0. The Morgan fingerprint density at radius 1 is 1.04 bits per heavy atom. The Labute approximate surface area is 164 Å². The van der Waals surface area contributed by atoms with E-state index >= 15 is 0 Å². The van der Waals surface area contributed by atoms with E-state index in [4.69, 9.17) is 23.7 Å². The van der Waals surface area contributed by atoms with Crippen LogP contribution in [0.2, 0.25) is 0 Å². The van der Waals surface area contributed by atoms with Gasteiger partial charge < -0.3 is 29.0 Å². The van der Waals surface area contributed by atoms with Gasteiger partial charge in [0, 0.05) is 25.9 Å². The fourth-order valence-corrected chi connectivity index (χ4v) is 4.21. The van der Waals surface area contributed by atoms with Crippen molar-refractivity contribution in [3.63, 3.8) is 0 Å². The minimum atomic E-state index is -0.0877. The van der Waals surface area contributed by atoms with Crippen LogP contribution in [0.15, 0.2) is 12.4 Å². The van der Waals surface area contributed by atoms with Crippen molar-refractivity contribution in [3.05, 3.63) is 12.4 Å². The third-order valence-corrected chi connectivity index (χ3v) is 5.67. The van der Waals surface area contributed by atoms with Crippen molar-refractivity contribution >= 4 is 16.7 Å². The molecule has 28 heavy (non-hydrogen) atoms. The van der Waals surface area contributed by atoms with Gasteiger partial charge in [0.05, 0.1) is 32.3 Å². The van der Waals surface area contributed by atoms with E-state index in [9.17, 15) is 0 Å².